The molecule has 10 heteroatoms. The van der Waals surface area contributed by atoms with Crippen molar-refractivity contribution in [1.29, 1.82) is 0 Å². The molecule has 4 rings (SSSR count). The number of nitrogens with one attached hydrogen (secondary N) is 1. The zero-order valence-electron chi connectivity index (χ0n) is 19.2. The molecule has 0 radical (unpaired) electrons. The van der Waals surface area contributed by atoms with Crippen LogP contribution in [-0.2, 0) is 19.6 Å². The number of aryl methyl sites for hydroxylation is 1. The van der Waals surface area contributed by atoms with E-state index in [0.29, 0.717) is 19.4 Å². The summed E-state index contributed by atoms with van der Waals surface area (Å²) >= 11 is 1.50. The van der Waals surface area contributed by atoms with E-state index < -0.39 is 16.1 Å². The summed E-state index contributed by atoms with van der Waals surface area (Å²) in [6.07, 6.45) is 7.10. The van der Waals surface area contributed by atoms with Crippen molar-refractivity contribution in [3.63, 3.8) is 0 Å². The maximum absolute atomic E-state index is 13.1. The SMILES string of the molecule is Cc1ccc(C=CS(=O)(=O)N[C@H]2CCCN(CC(=O)N3CCC[C@H]3CN3CCCC3)C2=O)s1. The van der Waals surface area contributed by atoms with Crippen LogP contribution in [0, 0.1) is 6.92 Å². The molecular formula is C23H34N4O4S2. The number of carbonyl (C=O) groups is 2. The zero-order chi connectivity index (χ0) is 23.4. The minimum atomic E-state index is -3.77. The molecule has 0 aliphatic carbocycles. The highest BCUT2D eigenvalue weighted by Gasteiger charge is 2.36. The number of carbonyl (C=O) groups excluding carboxylic acids is 2. The fraction of sp³-hybridized carbons (Fsp3) is 0.652. The largest absolute Gasteiger partial charge is 0.337 e. The number of thiophene rings is 1. The quantitative estimate of drug-likeness (QED) is 0.597. The Labute approximate surface area is 200 Å². The number of nitrogens with zero attached hydrogens (tertiary/aromatic N) is 3. The molecule has 0 saturated carbocycles. The Morgan fingerprint density at radius 3 is 2.61 bits per heavy atom. The molecule has 1 aromatic heterocycles. The first-order valence-corrected chi connectivity index (χ1v) is 14.2. The normalized spacial score (nSPS) is 24.9. The number of piperidine rings is 1. The van der Waals surface area contributed by atoms with Crippen LogP contribution < -0.4 is 4.72 Å². The van der Waals surface area contributed by atoms with Crippen molar-refractivity contribution in [2.45, 2.75) is 57.5 Å². The number of amides is 2. The Hall–Kier alpha value is -1.75. The summed E-state index contributed by atoms with van der Waals surface area (Å²) in [4.78, 5) is 33.9. The van der Waals surface area contributed by atoms with E-state index in [4.69, 9.17) is 0 Å². The Bertz CT molecular complexity index is 984. The second-order valence-electron chi connectivity index (χ2n) is 9.26. The van der Waals surface area contributed by atoms with Gasteiger partial charge in [-0.2, -0.15) is 4.72 Å². The Morgan fingerprint density at radius 2 is 1.88 bits per heavy atom. The molecule has 0 unspecified atom stereocenters. The second kappa shape index (κ2) is 10.7. The average molecular weight is 495 g/mol. The molecular weight excluding hydrogens is 460 g/mol. The molecule has 3 aliphatic rings. The van der Waals surface area contributed by atoms with Gasteiger partial charge in [-0.05, 0) is 76.7 Å². The molecule has 4 heterocycles. The summed E-state index contributed by atoms with van der Waals surface area (Å²) in [6.45, 7) is 6.33. The first-order valence-electron chi connectivity index (χ1n) is 11.9. The summed E-state index contributed by atoms with van der Waals surface area (Å²) < 4.78 is 27.6. The third-order valence-corrected chi connectivity index (χ3v) is 8.77. The van der Waals surface area contributed by atoms with E-state index in [2.05, 4.69) is 9.62 Å². The Morgan fingerprint density at radius 1 is 1.12 bits per heavy atom. The molecule has 2 amide bonds. The van der Waals surface area contributed by atoms with Crippen molar-refractivity contribution < 1.29 is 18.0 Å². The highest BCUT2D eigenvalue weighted by Crippen LogP contribution is 2.22. The number of sulfonamides is 1. The van der Waals surface area contributed by atoms with Crippen molar-refractivity contribution in [2.24, 2.45) is 0 Å². The fourth-order valence-electron chi connectivity index (χ4n) is 5.02. The van der Waals surface area contributed by atoms with Crippen LogP contribution in [-0.4, -0.2) is 86.3 Å². The maximum atomic E-state index is 13.1. The van der Waals surface area contributed by atoms with E-state index in [0.717, 1.165) is 54.2 Å². The minimum absolute atomic E-state index is 0.0257. The molecule has 182 valence electrons. The lowest BCUT2D eigenvalue weighted by Gasteiger charge is -2.34. The van der Waals surface area contributed by atoms with Crippen molar-refractivity contribution >= 4 is 39.3 Å². The van der Waals surface area contributed by atoms with Crippen LogP contribution in [0.2, 0.25) is 0 Å². The van der Waals surface area contributed by atoms with Gasteiger partial charge in [0.1, 0.15) is 6.04 Å². The molecule has 3 aliphatic heterocycles. The summed E-state index contributed by atoms with van der Waals surface area (Å²) in [5.41, 5.74) is 0. The van der Waals surface area contributed by atoms with E-state index >= 15 is 0 Å². The van der Waals surface area contributed by atoms with Gasteiger partial charge in [-0.25, -0.2) is 8.42 Å². The molecule has 0 spiro atoms. The van der Waals surface area contributed by atoms with Crippen LogP contribution in [0.25, 0.3) is 6.08 Å². The molecule has 1 N–H and O–H groups in total. The van der Waals surface area contributed by atoms with Crippen LogP contribution in [0.15, 0.2) is 17.5 Å². The predicted molar refractivity (Wildman–Crippen MR) is 130 cm³/mol. The number of hydrogen-bond donors (Lipinski definition) is 1. The molecule has 2 atom stereocenters. The minimum Gasteiger partial charge on any atom is -0.337 e. The molecule has 33 heavy (non-hydrogen) atoms. The zero-order valence-corrected chi connectivity index (χ0v) is 20.9. The highest BCUT2D eigenvalue weighted by atomic mass is 32.2. The predicted octanol–water partition coefficient (Wildman–Crippen LogP) is 2.02. The first-order chi connectivity index (χ1) is 15.8. The molecule has 8 nitrogen and oxygen atoms in total. The fourth-order valence-corrected chi connectivity index (χ4v) is 6.90. The topological polar surface area (TPSA) is 90.0 Å². The lowest BCUT2D eigenvalue weighted by molar-refractivity contribution is -0.143. The van der Waals surface area contributed by atoms with E-state index in [1.807, 2.05) is 24.0 Å². The Balaban J connectivity index is 1.33. The van der Waals surface area contributed by atoms with E-state index in [9.17, 15) is 18.0 Å². The van der Waals surface area contributed by atoms with Gasteiger partial charge >= 0.3 is 0 Å². The van der Waals surface area contributed by atoms with Gasteiger partial charge < -0.3 is 14.7 Å². The molecule has 3 fully saturated rings. The molecule has 1 aromatic rings. The summed E-state index contributed by atoms with van der Waals surface area (Å²) in [5.74, 6) is -0.338. The third kappa shape index (κ3) is 6.44. The monoisotopic (exact) mass is 494 g/mol. The van der Waals surface area contributed by atoms with Crippen LogP contribution in [0.3, 0.4) is 0 Å². The third-order valence-electron chi connectivity index (χ3n) is 6.70. The van der Waals surface area contributed by atoms with Gasteiger partial charge in [0.15, 0.2) is 0 Å². The lowest BCUT2D eigenvalue weighted by atomic mass is 10.1. The van der Waals surface area contributed by atoms with Crippen molar-refractivity contribution in [1.82, 2.24) is 19.4 Å². The number of rotatable bonds is 8. The first kappa shape index (κ1) is 24.4. The van der Waals surface area contributed by atoms with Gasteiger partial charge in [-0.3, -0.25) is 9.59 Å². The van der Waals surface area contributed by atoms with Crippen molar-refractivity contribution in [3.8, 4) is 0 Å². The second-order valence-corrected chi connectivity index (χ2v) is 12.2. The van der Waals surface area contributed by atoms with Gasteiger partial charge in [0, 0.05) is 40.8 Å². The lowest BCUT2D eigenvalue weighted by Crippen LogP contribution is -2.55. The van der Waals surface area contributed by atoms with Crippen LogP contribution in [0.1, 0.15) is 48.3 Å². The van der Waals surface area contributed by atoms with Crippen LogP contribution in [0.5, 0.6) is 0 Å². The van der Waals surface area contributed by atoms with Gasteiger partial charge in [-0.15, -0.1) is 11.3 Å². The number of likely N-dealkylation sites (tertiary alicyclic amines) is 3. The van der Waals surface area contributed by atoms with Gasteiger partial charge in [-0.1, -0.05) is 0 Å². The van der Waals surface area contributed by atoms with Crippen LogP contribution in [0.4, 0.5) is 0 Å². The van der Waals surface area contributed by atoms with Crippen molar-refractivity contribution in [2.75, 3.05) is 39.3 Å². The van der Waals surface area contributed by atoms with Crippen LogP contribution >= 0.6 is 11.3 Å². The van der Waals surface area contributed by atoms with E-state index in [-0.39, 0.29) is 24.4 Å². The summed E-state index contributed by atoms with van der Waals surface area (Å²) in [5, 5.41) is 1.11. The van der Waals surface area contributed by atoms with Gasteiger partial charge in [0.25, 0.3) is 0 Å². The maximum Gasteiger partial charge on any atom is 0.242 e. The summed E-state index contributed by atoms with van der Waals surface area (Å²) in [7, 11) is -3.77. The van der Waals surface area contributed by atoms with Crippen molar-refractivity contribution in [3.05, 3.63) is 27.3 Å². The Kier molecular flexibility index (Phi) is 7.88. The van der Waals surface area contributed by atoms with Gasteiger partial charge in [0.2, 0.25) is 21.8 Å². The molecule has 0 bridgehead atoms. The van der Waals surface area contributed by atoms with E-state index in [1.165, 1.54) is 29.1 Å². The average Bonchev–Trinajstić information content (AvgIpc) is 3.52. The molecule has 0 aromatic carbocycles. The standard InChI is InChI=1S/C23H34N4O4S2/c1-18-8-9-20(32-18)10-15-33(30,31)24-21-7-5-13-26(23(21)29)17-22(28)27-14-4-6-19(27)16-25-11-2-3-12-25/h8-10,15,19,21,24H,2-7,11-14,16-17H2,1H3/t19-,21-/m0/s1. The summed E-state index contributed by atoms with van der Waals surface area (Å²) in [6, 6.07) is 3.18. The molecule has 3 saturated heterocycles. The van der Waals surface area contributed by atoms with Gasteiger partial charge in [0.05, 0.1) is 6.54 Å². The smallest absolute Gasteiger partial charge is 0.242 e. The van der Waals surface area contributed by atoms with E-state index in [1.54, 1.807) is 6.08 Å². The number of hydrogen-bond acceptors (Lipinski definition) is 6. The highest BCUT2D eigenvalue weighted by molar-refractivity contribution is 7.92.